The molecule has 0 radical (unpaired) electrons. The molecule has 0 bridgehead atoms. The first-order valence-electron chi connectivity index (χ1n) is 5.47. The maximum absolute atomic E-state index is 11.5. The molecule has 1 aromatic heterocycles. The van der Waals surface area contributed by atoms with Gasteiger partial charge in [0.25, 0.3) is 0 Å². The molecule has 0 aromatic carbocycles. The molecule has 17 heavy (non-hydrogen) atoms. The maximum Gasteiger partial charge on any atom is 0.315 e. The van der Waals surface area contributed by atoms with E-state index in [2.05, 4.69) is 9.97 Å². The van der Waals surface area contributed by atoms with E-state index in [0.717, 1.165) is 0 Å². The summed E-state index contributed by atoms with van der Waals surface area (Å²) in [5.74, 6) is -0.759. The van der Waals surface area contributed by atoms with Crippen molar-refractivity contribution in [1.29, 1.82) is 0 Å². The molecule has 0 amide bonds. The number of carboxylic acid groups (broad SMARTS) is 1. The Morgan fingerprint density at radius 1 is 1.47 bits per heavy atom. The SMILES string of the molecule is Cc1cc(C2(C(=O)O)CCOCC2)nc(N)n1. The smallest absolute Gasteiger partial charge is 0.315 e. The maximum atomic E-state index is 11.5. The molecule has 1 aliphatic rings. The number of rotatable bonds is 2. The van der Waals surface area contributed by atoms with E-state index in [1.54, 1.807) is 13.0 Å². The van der Waals surface area contributed by atoms with E-state index in [0.29, 0.717) is 37.4 Å². The van der Waals surface area contributed by atoms with Crippen molar-refractivity contribution in [2.45, 2.75) is 25.2 Å². The van der Waals surface area contributed by atoms with Crippen LogP contribution in [-0.2, 0) is 14.9 Å². The number of carbonyl (C=O) groups is 1. The van der Waals surface area contributed by atoms with Gasteiger partial charge in [0.15, 0.2) is 0 Å². The Morgan fingerprint density at radius 3 is 2.65 bits per heavy atom. The highest BCUT2D eigenvalue weighted by Gasteiger charge is 2.43. The highest BCUT2D eigenvalue weighted by molar-refractivity contribution is 5.81. The molecule has 6 heteroatoms. The summed E-state index contributed by atoms with van der Waals surface area (Å²) >= 11 is 0. The third-order valence-corrected chi connectivity index (χ3v) is 3.12. The Morgan fingerprint density at radius 2 is 2.12 bits per heavy atom. The number of aliphatic carboxylic acids is 1. The van der Waals surface area contributed by atoms with Gasteiger partial charge in [0.1, 0.15) is 5.41 Å². The average molecular weight is 237 g/mol. The van der Waals surface area contributed by atoms with Gasteiger partial charge < -0.3 is 15.6 Å². The lowest BCUT2D eigenvalue weighted by atomic mass is 9.77. The van der Waals surface area contributed by atoms with Crippen molar-refractivity contribution in [3.8, 4) is 0 Å². The summed E-state index contributed by atoms with van der Waals surface area (Å²) in [6.07, 6.45) is 0.830. The van der Waals surface area contributed by atoms with Crippen molar-refractivity contribution >= 4 is 11.9 Å². The van der Waals surface area contributed by atoms with Crippen LogP contribution < -0.4 is 5.73 Å². The van der Waals surface area contributed by atoms with Crippen molar-refractivity contribution in [3.05, 3.63) is 17.5 Å². The van der Waals surface area contributed by atoms with Crippen LogP contribution >= 0.6 is 0 Å². The van der Waals surface area contributed by atoms with Gasteiger partial charge in [0.2, 0.25) is 5.95 Å². The zero-order valence-corrected chi connectivity index (χ0v) is 9.64. The van der Waals surface area contributed by atoms with E-state index < -0.39 is 11.4 Å². The number of nitrogen functional groups attached to an aromatic ring is 1. The zero-order chi connectivity index (χ0) is 12.5. The minimum atomic E-state index is -0.986. The van der Waals surface area contributed by atoms with Gasteiger partial charge in [-0.2, -0.15) is 0 Å². The zero-order valence-electron chi connectivity index (χ0n) is 9.64. The summed E-state index contributed by atoms with van der Waals surface area (Å²) in [5, 5.41) is 9.47. The molecule has 1 saturated heterocycles. The highest BCUT2D eigenvalue weighted by atomic mass is 16.5. The number of aromatic nitrogens is 2. The summed E-state index contributed by atoms with van der Waals surface area (Å²) in [6, 6.07) is 1.69. The van der Waals surface area contributed by atoms with Gasteiger partial charge in [-0.15, -0.1) is 0 Å². The number of carboxylic acids is 1. The molecular formula is C11H15N3O3. The molecule has 1 fully saturated rings. The van der Waals surface area contributed by atoms with Gasteiger partial charge in [-0.05, 0) is 25.8 Å². The van der Waals surface area contributed by atoms with E-state index in [-0.39, 0.29) is 5.95 Å². The lowest BCUT2D eigenvalue weighted by Gasteiger charge is -2.32. The van der Waals surface area contributed by atoms with Gasteiger partial charge >= 0.3 is 5.97 Å². The van der Waals surface area contributed by atoms with E-state index in [1.165, 1.54) is 0 Å². The topological polar surface area (TPSA) is 98.3 Å². The van der Waals surface area contributed by atoms with Crippen LogP contribution in [0.15, 0.2) is 6.07 Å². The molecular weight excluding hydrogens is 222 g/mol. The summed E-state index contributed by atoms with van der Waals surface area (Å²) in [4.78, 5) is 19.6. The molecule has 0 spiro atoms. The highest BCUT2D eigenvalue weighted by Crippen LogP contribution is 2.34. The van der Waals surface area contributed by atoms with Crippen LogP contribution in [0.5, 0.6) is 0 Å². The predicted molar refractivity (Wildman–Crippen MR) is 60.5 cm³/mol. The Kier molecular flexibility index (Phi) is 2.97. The molecule has 6 nitrogen and oxygen atoms in total. The Hall–Kier alpha value is -1.69. The molecule has 92 valence electrons. The van der Waals surface area contributed by atoms with E-state index in [1.807, 2.05) is 0 Å². The van der Waals surface area contributed by atoms with Crippen molar-refractivity contribution in [1.82, 2.24) is 9.97 Å². The summed E-state index contributed by atoms with van der Waals surface area (Å²) in [6.45, 7) is 2.63. The number of nitrogens with two attached hydrogens (primary N) is 1. The van der Waals surface area contributed by atoms with E-state index in [9.17, 15) is 9.90 Å². The molecule has 0 atom stereocenters. The van der Waals surface area contributed by atoms with Crippen LogP contribution in [-0.4, -0.2) is 34.3 Å². The van der Waals surface area contributed by atoms with Crippen molar-refractivity contribution in [2.24, 2.45) is 0 Å². The van der Waals surface area contributed by atoms with Gasteiger partial charge in [-0.1, -0.05) is 0 Å². The van der Waals surface area contributed by atoms with Crippen LogP contribution in [0.2, 0.25) is 0 Å². The van der Waals surface area contributed by atoms with Crippen LogP contribution in [0.1, 0.15) is 24.2 Å². The van der Waals surface area contributed by atoms with Crippen LogP contribution in [0, 0.1) is 6.92 Å². The third-order valence-electron chi connectivity index (χ3n) is 3.12. The van der Waals surface area contributed by atoms with Crippen molar-refractivity contribution in [2.75, 3.05) is 18.9 Å². The number of anilines is 1. The molecule has 1 aliphatic heterocycles. The predicted octanol–water partition coefficient (Wildman–Crippen LogP) is 0.500. The number of nitrogens with zero attached hydrogens (tertiary/aromatic N) is 2. The minimum absolute atomic E-state index is 0.118. The van der Waals surface area contributed by atoms with Crippen LogP contribution in [0.3, 0.4) is 0 Å². The van der Waals surface area contributed by atoms with Crippen molar-refractivity contribution < 1.29 is 14.6 Å². The Labute approximate surface area is 98.8 Å². The Balaban J connectivity index is 2.48. The fourth-order valence-corrected chi connectivity index (χ4v) is 2.14. The summed E-state index contributed by atoms with van der Waals surface area (Å²) in [7, 11) is 0. The fourth-order valence-electron chi connectivity index (χ4n) is 2.14. The number of aryl methyl sites for hydroxylation is 1. The second-order valence-corrected chi connectivity index (χ2v) is 4.25. The van der Waals surface area contributed by atoms with E-state index >= 15 is 0 Å². The standard InChI is InChI=1S/C11H15N3O3/c1-7-6-8(14-10(12)13-7)11(9(15)16)2-4-17-5-3-11/h6H,2-5H2,1H3,(H,15,16)(H2,12,13,14). The number of hydrogen-bond acceptors (Lipinski definition) is 5. The van der Waals surface area contributed by atoms with Crippen LogP contribution in [0.25, 0.3) is 0 Å². The lowest BCUT2D eigenvalue weighted by Crippen LogP contribution is -2.42. The molecule has 0 saturated carbocycles. The first kappa shape index (κ1) is 11.8. The molecule has 3 N–H and O–H groups in total. The van der Waals surface area contributed by atoms with E-state index in [4.69, 9.17) is 10.5 Å². The number of ether oxygens (including phenoxy) is 1. The fraction of sp³-hybridized carbons (Fsp3) is 0.545. The molecule has 1 aromatic rings. The summed E-state index contributed by atoms with van der Waals surface area (Å²) in [5.41, 5.74) is 5.76. The first-order valence-corrected chi connectivity index (χ1v) is 5.47. The molecule has 0 unspecified atom stereocenters. The lowest BCUT2D eigenvalue weighted by molar-refractivity contribution is -0.148. The van der Waals surface area contributed by atoms with Gasteiger partial charge in [-0.25, -0.2) is 9.97 Å². The van der Waals surface area contributed by atoms with Gasteiger partial charge in [0.05, 0.1) is 5.69 Å². The quantitative estimate of drug-likeness (QED) is 0.777. The molecule has 2 heterocycles. The molecule has 0 aliphatic carbocycles. The third kappa shape index (κ3) is 2.08. The van der Waals surface area contributed by atoms with Gasteiger partial charge in [0, 0.05) is 18.9 Å². The molecule has 2 rings (SSSR count). The van der Waals surface area contributed by atoms with Crippen LogP contribution in [0.4, 0.5) is 5.95 Å². The van der Waals surface area contributed by atoms with Gasteiger partial charge in [-0.3, -0.25) is 4.79 Å². The normalized spacial score (nSPS) is 18.9. The second kappa shape index (κ2) is 4.29. The Bertz CT molecular complexity index is 421. The second-order valence-electron chi connectivity index (χ2n) is 4.25. The largest absolute Gasteiger partial charge is 0.481 e. The summed E-state index contributed by atoms with van der Waals surface area (Å²) < 4.78 is 5.22. The minimum Gasteiger partial charge on any atom is -0.481 e. The average Bonchev–Trinajstić information content (AvgIpc) is 2.28. The number of hydrogen-bond donors (Lipinski definition) is 2. The van der Waals surface area contributed by atoms with Crippen molar-refractivity contribution in [3.63, 3.8) is 0 Å². The first-order chi connectivity index (χ1) is 8.04. The monoisotopic (exact) mass is 237 g/mol.